The van der Waals surface area contributed by atoms with Gasteiger partial charge < -0.3 is 10.4 Å². The van der Waals surface area contributed by atoms with E-state index < -0.39 is 0 Å². The fourth-order valence-corrected chi connectivity index (χ4v) is 2.41. The van der Waals surface area contributed by atoms with Crippen molar-refractivity contribution in [3.63, 3.8) is 0 Å². The van der Waals surface area contributed by atoms with Gasteiger partial charge in [0.2, 0.25) is 0 Å². The Morgan fingerprint density at radius 3 is 2.78 bits per heavy atom. The fraction of sp³-hybridized carbons (Fsp3) is 0.444. The Kier molecular flexibility index (Phi) is 5.31. The lowest BCUT2D eigenvalue weighted by molar-refractivity contribution is 0.0947. The van der Waals surface area contributed by atoms with Gasteiger partial charge in [-0.25, -0.2) is 4.39 Å². The average molecular weight is 318 g/mol. The van der Waals surface area contributed by atoms with Crippen molar-refractivity contribution < 1.29 is 14.3 Å². The Hall–Kier alpha value is -2.01. The molecule has 4 nitrogen and oxygen atoms in total. The maximum Gasteiger partial charge on any atom is 0.253 e. The molecule has 0 aliphatic rings. The van der Waals surface area contributed by atoms with Crippen LogP contribution >= 0.6 is 0 Å². The number of aromatic nitrogens is 1. The van der Waals surface area contributed by atoms with Crippen molar-refractivity contribution in [2.45, 2.75) is 33.6 Å². The second kappa shape index (κ2) is 7.04. The maximum atomic E-state index is 13.2. The summed E-state index contributed by atoms with van der Waals surface area (Å²) in [5.74, 6) is -0.517. The number of rotatable bonds is 6. The van der Waals surface area contributed by atoms with E-state index in [1.165, 1.54) is 12.1 Å². The molecule has 23 heavy (non-hydrogen) atoms. The van der Waals surface area contributed by atoms with E-state index in [4.69, 9.17) is 0 Å². The molecule has 0 spiro atoms. The van der Waals surface area contributed by atoms with Crippen molar-refractivity contribution in [2.75, 3.05) is 13.2 Å². The molecule has 0 aliphatic heterocycles. The van der Waals surface area contributed by atoms with Crippen LogP contribution in [-0.4, -0.2) is 29.1 Å². The van der Waals surface area contributed by atoms with Gasteiger partial charge in [-0.15, -0.1) is 0 Å². The molecule has 0 saturated heterocycles. The molecule has 0 unspecified atom stereocenters. The fourth-order valence-electron chi connectivity index (χ4n) is 2.41. The second-order valence-electron chi connectivity index (χ2n) is 6.64. The predicted molar refractivity (Wildman–Crippen MR) is 88.9 cm³/mol. The number of aliphatic hydroxyl groups excluding tert-OH is 1. The summed E-state index contributed by atoms with van der Waals surface area (Å²) in [4.78, 5) is 16.6. The second-order valence-corrected chi connectivity index (χ2v) is 6.64. The van der Waals surface area contributed by atoms with E-state index in [1.807, 2.05) is 13.8 Å². The highest BCUT2D eigenvalue weighted by atomic mass is 19.1. The average Bonchev–Trinajstić information content (AvgIpc) is 2.50. The van der Waals surface area contributed by atoms with Crippen molar-refractivity contribution in [3.05, 3.63) is 41.3 Å². The Balaban J connectivity index is 2.03. The first-order valence-corrected chi connectivity index (χ1v) is 7.78. The summed E-state index contributed by atoms with van der Waals surface area (Å²) in [6.07, 6.45) is 1.63. The van der Waals surface area contributed by atoms with E-state index in [-0.39, 0.29) is 23.7 Å². The van der Waals surface area contributed by atoms with Crippen molar-refractivity contribution >= 4 is 16.8 Å². The highest BCUT2D eigenvalue weighted by molar-refractivity contribution is 5.98. The summed E-state index contributed by atoms with van der Waals surface area (Å²) in [7, 11) is 0. The van der Waals surface area contributed by atoms with Gasteiger partial charge in [0.15, 0.2) is 0 Å². The van der Waals surface area contributed by atoms with Crippen molar-refractivity contribution in [3.8, 4) is 0 Å². The molecule has 0 fully saturated rings. The van der Waals surface area contributed by atoms with Crippen LogP contribution in [0, 0.1) is 18.2 Å². The van der Waals surface area contributed by atoms with Gasteiger partial charge in [-0.2, -0.15) is 0 Å². The number of aryl methyl sites for hydroxylation is 1. The first-order valence-electron chi connectivity index (χ1n) is 7.78. The summed E-state index contributed by atoms with van der Waals surface area (Å²) in [5.41, 5.74) is 1.50. The standard InChI is InChI=1S/C18H23FN2O2/c1-12-15(9-13-5-6-14(19)10-16(13)21-12)17(23)20-8-4-7-18(2,3)11-22/h5-6,9-10,22H,4,7-8,11H2,1-3H3,(H,20,23). The molecule has 2 rings (SSSR count). The van der Waals surface area contributed by atoms with E-state index >= 15 is 0 Å². The topological polar surface area (TPSA) is 62.2 Å². The van der Waals surface area contributed by atoms with Crippen LogP contribution in [0.2, 0.25) is 0 Å². The van der Waals surface area contributed by atoms with E-state index in [0.717, 1.165) is 18.2 Å². The molecule has 1 amide bonds. The van der Waals surface area contributed by atoms with Crippen molar-refractivity contribution in [2.24, 2.45) is 5.41 Å². The molecule has 5 heteroatoms. The summed E-state index contributed by atoms with van der Waals surface area (Å²) >= 11 is 0. The van der Waals surface area contributed by atoms with Gasteiger partial charge in [0.25, 0.3) is 5.91 Å². The number of hydrogen-bond donors (Lipinski definition) is 2. The molecular formula is C18H23FN2O2. The number of hydrogen-bond acceptors (Lipinski definition) is 3. The number of fused-ring (bicyclic) bond motifs is 1. The van der Waals surface area contributed by atoms with Crippen molar-refractivity contribution in [1.82, 2.24) is 10.3 Å². The highest BCUT2D eigenvalue weighted by Crippen LogP contribution is 2.21. The number of pyridine rings is 1. The van der Waals surface area contributed by atoms with Crippen LogP contribution < -0.4 is 5.32 Å². The molecule has 0 aliphatic carbocycles. The predicted octanol–water partition coefficient (Wildman–Crippen LogP) is 3.21. The van der Waals surface area contributed by atoms with Crippen LogP contribution in [0.15, 0.2) is 24.3 Å². The zero-order chi connectivity index (χ0) is 17.0. The quantitative estimate of drug-likeness (QED) is 0.804. The Morgan fingerprint density at radius 2 is 2.09 bits per heavy atom. The number of halogens is 1. The number of amides is 1. The Labute approximate surface area is 135 Å². The molecule has 1 aromatic heterocycles. The highest BCUT2D eigenvalue weighted by Gasteiger charge is 2.16. The summed E-state index contributed by atoms with van der Waals surface area (Å²) in [5, 5.41) is 12.8. The first-order chi connectivity index (χ1) is 10.8. The monoisotopic (exact) mass is 318 g/mol. The molecule has 2 aromatic rings. The van der Waals surface area contributed by atoms with Crippen LogP contribution in [0.1, 0.15) is 42.7 Å². The molecule has 0 atom stereocenters. The smallest absolute Gasteiger partial charge is 0.253 e. The van der Waals surface area contributed by atoms with Gasteiger partial charge in [0, 0.05) is 24.6 Å². The Bertz CT molecular complexity index is 713. The van der Waals surface area contributed by atoms with E-state index in [2.05, 4.69) is 10.3 Å². The molecule has 0 bridgehead atoms. The van der Waals surface area contributed by atoms with E-state index in [9.17, 15) is 14.3 Å². The molecule has 0 saturated carbocycles. The summed E-state index contributed by atoms with van der Waals surface area (Å²) < 4.78 is 13.2. The van der Waals surface area contributed by atoms with Crippen LogP contribution in [0.5, 0.6) is 0 Å². The lowest BCUT2D eigenvalue weighted by Crippen LogP contribution is -2.27. The zero-order valence-electron chi connectivity index (χ0n) is 13.8. The SMILES string of the molecule is Cc1nc2cc(F)ccc2cc1C(=O)NCCCC(C)(C)CO. The molecule has 124 valence electrons. The summed E-state index contributed by atoms with van der Waals surface area (Å²) in [6.45, 7) is 6.40. The van der Waals surface area contributed by atoms with Gasteiger partial charge in [-0.05, 0) is 43.4 Å². The van der Waals surface area contributed by atoms with Crippen LogP contribution in [0.25, 0.3) is 10.9 Å². The van der Waals surface area contributed by atoms with Gasteiger partial charge in [0.1, 0.15) is 5.82 Å². The lowest BCUT2D eigenvalue weighted by Gasteiger charge is -2.21. The lowest BCUT2D eigenvalue weighted by atomic mass is 9.89. The minimum atomic E-state index is -0.340. The van der Waals surface area contributed by atoms with Crippen LogP contribution in [0.3, 0.4) is 0 Å². The molecular weight excluding hydrogens is 295 g/mol. The minimum Gasteiger partial charge on any atom is -0.396 e. The maximum absolute atomic E-state index is 13.2. The number of aliphatic hydroxyl groups is 1. The van der Waals surface area contributed by atoms with Gasteiger partial charge >= 0.3 is 0 Å². The molecule has 1 aromatic carbocycles. The number of carbonyl (C=O) groups is 1. The molecule has 0 radical (unpaired) electrons. The van der Waals surface area contributed by atoms with Gasteiger partial charge in [-0.1, -0.05) is 13.8 Å². The van der Waals surface area contributed by atoms with E-state index in [0.29, 0.717) is 23.3 Å². The minimum absolute atomic E-state index is 0.130. The molecule has 2 N–H and O–H groups in total. The molecule has 1 heterocycles. The van der Waals surface area contributed by atoms with Crippen LogP contribution in [0.4, 0.5) is 4.39 Å². The number of nitrogens with zero attached hydrogens (tertiary/aromatic N) is 1. The third kappa shape index (κ3) is 4.48. The third-order valence-corrected chi connectivity index (χ3v) is 3.96. The largest absolute Gasteiger partial charge is 0.396 e. The zero-order valence-corrected chi connectivity index (χ0v) is 13.8. The van der Waals surface area contributed by atoms with Crippen LogP contribution in [-0.2, 0) is 0 Å². The summed E-state index contributed by atoms with van der Waals surface area (Å²) in [6, 6.07) is 6.08. The Morgan fingerprint density at radius 1 is 1.35 bits per heavy atom. The van der Waals surface area contributed by atoms with Crippen molar-refractivity contribution in [1.29, 1.82) is 0 Å². The van der Waals surface area contributed by atoms with Gasteiger partial charge in [0.05, 0.1) is 16.8 Å². The first kappa shape index (κ1) is 17.3. The number of benzene rings is 1. The number of nitrogens with one attached hydrogen (secondary N) is 1. The van der Waals surface area contributed by atoms with E-state index in [1.54, 1.807) is 19.1 Å². The third-order valence-electron chi connectivity index (χ3n) is 3.96. The normalized spacial score (nSPS) is 11.7. The van der Waals surface area contributed by atoms with Gasteiger partial charge in [-0.3, -0.25) is 9.78 Å². The number of carbonyl (C=O) groups excluding carboxylic acids is 1.